The molecule has 0 N–H and O–H groups in total. The second kappa shape index (κ2) is 12.0. The first-order chi connectivity index (χ1) is 18.0. The molecule has 2 aliphatic rings. The molecule has 1 saturated heterocycles. The van der Waals surface area contributed by atoms with Gasteiger partial charge in [0.2, 0.25) is 0 Å². The zero-order chi connectivity index (χ0) is 27.3. The molecule has 2 aromatic rings. The summed E-state index contributed by atoms with van der Waals surface area (Å²) in [6.45, 7) is 9.24. The SMILES string of the molecule is CC(C)(C)OC(=O)N1CCC(CCOc2ccc3c(c2)CN(Cc2ccccc2C(F)(F)F)CCC3)CC1. The van der Waals surface area contributed by atoms with Gasteiger partial charge in [0.15, 0.2) is 0 Å². The maximum Gasteiger partial charge on any atom is 0.416 e. The van der Waals surface area contributed by atoms with Crippen molar-refractivity contribution in [2.24, 2.45) is 5.92 Å². The molecule has 0 aromatic heterocycles. The van der Waals surface area contributed by atoms with E-state index in [0.717, 1.165) is 56.0 Å². The average Bonchev–Trinajstić information content (AvgIpc) is 3.04. The van der Waals surface area contributed by atoms with E-state index in [4.69, 9.17) is 9.47 Å². The predicted octanol–water partition coefficient (Wildman–Crippen LogP) is 7.07. The van der Waals surface area contributed by atoms with E-state index in [0.29, 0.717) is 37.7 Å². The molecule has 2 aliphatic heterocycles. The number of amides is 1. The van der Waals surface area contributed by atoms with Crippen LogP contribution in [-0.4, -0.2) is 47.7 Å². The summed E-state index contributed by atoms with van der Waals surface area (Å²) >= 11 is 0. The summed E-state index contributed by atoms with van der Waals surface area (Å²) in [6.07, 6.45) is -0.00415. The summed E-state index contributed by atoms with van der Waals surface area (Å²) in [5.74, 6) is 1.30. The number of rotatable bonds is 6. The summed E-state index contributed by atoms with van der Waals surface area (Å²) in [7, 11) is 0. The van der Waals surface area contributed by atoms with Crippen LogP contribution in [0.15, 0.2) is 42.5 Å². The van der Waals surface area contributed by atoms with Gasteiger partial charge in [-0.25, -0.2) is 4.79 Å². The van der Waals surface area contributed by atoms with Gasteiger partial charge in [-0.3, -0.25) is 4.90 Å². The number of hydrogen-bond acceptors (Lipinski definition) is 4. The molecule has 1 amide bonds. The fourth-order valence-electron chi connectivity index (χ4n) is 5.28. The van der Waals surface area contributed by atoms with Crippen LogP contribution in [0.2, 0.25) is 0 Å². The van der Waals surface area contributed by atoms with Crippen molar-refractivity contribution in [2.75, 3.05) is 26.2 Å². The van der Waals surface area contributed by atoms with Crippen LogP contribution in [-0.2, 0) is 30.4 Å². The third-order valence-corrected chi connectivity index (χ3v) is 7.27. The summed E-state index contributed by atoms with van der Waals surface area (Å²) in [4.78, 5) is 16.2. The second-order valence-electron chi connectivity index (χ2n) is 11.4. The van der Waals surface area contributed by atoms with E-state index >= 15 is 0 Å². The minimum absolute atomic E-state index is 0.242. The lowest BCUT2D eigenvalue weighted by molar-refractivity contribution is -0.138. The fraction of sp³-hybridized carbons (Fsp3) is 0.567. The molecule has 0 saturated carbocycles. The molecule has 0 unspecified atom stereocenters. The first-order valence-electron chi connectivity index (χ1n) is 13.6. The fourth-order valence-corrected chi connectivity index (χ4v) is 5.28. The number of benzene rings is 2. The molecule has 208 valence electrons. The Morgan fingerprint density at radius 1 is 1.00 bits per heavy atom. The van der Waals surface area contributed by atoms with Gasteiger partial charge in [0.1, 0.15) is 11.4 Å². The van der Waals surface area contributed by atoms with Gasteiger partial charge >= 0.3 is 12.3 Å². The van der Waals surface area contributed by atoms with E-state index in [1.807, 2.05) is 26.8 Å². The summed E-state index contributed by atoms with van der Waals surface area (Å²) in [5.41, 5.74) is 1.63. The highest BCUT2D eigenvalue weighted by Crippen LogP contribution is 2.33. The van der Waals surface area contributed by atoms with Gasteiger partial charge in [-0.05, 0) is 100 Å². The van der Waals surface area contributed by atoms with Gasteiger partial charge < -0.3 is 14.4 Å². The lowest BCUT2D eigenvalue weighted by Gasteiger charge is -2.33. The summed E-state index contributed by atoms with van der Waals surface area (Å²) in [6, 6.07) is 12.0. The van der Waals surface area contributed by atoms with Gasteiger partial charge in [-0.15, -0.1) is 0 Å². The zero-order valence-electron chi connectivity index (χ0n) is 22.7. The number of fused-ring (bicyclic) bond motifs is 1. The van der Waals surface area contributed by atoms with Gasteiger partial charge in [0.25, 0.3) is 0 Å². The Hall–Kier alpha value is -2.74. The van der Waals surface area contributed by atoms with Gasteiger partial charge in [-0.2, -0.15) is 13.2 Å². The molecular formula is C30H39F3N2O3. The van der Waals surface area contributed by atoms with E-state index in [1.54, 1.807) is 17.0 Å². The molecule has 2 aromatic carbocycles. The number of piperidine rings is 1. The zero-order valence-corrected chi connectivity index (χ0v) is 22.7. The molecule has 8 heteroatoms. The van der Waals surface area contributed by atoms with E-state index < -0.39 is 17.3 Å². The Bertz CT molecular complexity index is 1090. The Morgan fingerprint density at radius 3 is 2.45 bits per heavy atom. The van der Waals surface area contributed by atoms with Crippen LogP contribution in [0.5, 0.6) is 5.75 Å². The number of hydrogen-bond donors (Lipinski definition) is 0. The van der Waals surface area contributed by atoms with Crippen molar-refractivity contribution < 1.29 is 27.4 Å². The highest BCUT2D eigenvalue weighted by Gasteiger charge is 2.33. The molecule has 5 nitrogen and oxygen atoms in total. The van der Waals surface area contributed by atoms with Crippen molar-refractivity contribution in [2.45, 2.75) is 77.7 Å². The Kier molecular flexibility index (Phi) is 8.91. The Balaban J connectivity index is 1.29. The summed E-state index contributed by atoms with van der Waals surface area (Å²) in [5, 5.41) is 0. The van der Waals surface area contributed by atoms with Crippen LogP contribution in [0.25, 0.3) is 0 Å². The number of ether oxygens (including phenoxy) is 2. The highest BCUT2D eigenvalue weighted by atomic mass is 19.4. The minimum atomic E-state index is -4.35. The van der Waals surface area contributed by atoms with Crippen LogP contribution in [0, 0.1) is 5.92 Å². The average molecular weight is 533 g/mol. The Morgan fingerprint density at radius 2 is 1.74 bits per heavy atom. The topological polar surface area (TPSA) is 42.0 Å². The number of carbonyl (C=O) groups excluding carboxylic acids is 1. The molecular weight excluding hydrogens is 493 g/mol. The number of halogens is 3. The van der Waals surface area contributed by atoms with Crippen molar-refractivity contribution in [3.05, 3.63) is 64.7 Å². The van der Waals surface area contributed by atoms with Crippen molar-refractivity contribution in [1.82, 2.24) is 9.80 Å². The third-order valence-electron chi connectivity index (χ3n) is 7.27. The molecule has 0 bridgehead atoms. The number of carbonyl (C=O) groups is 1. The monoisotopic (exact) mass is 532 g/mol. The van der Waals surface area contributed by atoms with Crippen LogP contribution >= 0.6 is 0 Å². The van der Waals surface area contributed by atoms with E-state index in [2.05, 4.69) is 17.0 Å². The molecule has 4 rings (SSSR count). The quantitative estimate of drug-likeness (QED) is 0.399. The van der Waals surface area contributed by atoms with Crippen LogP contribution in [0.3, 0.4) is 0 Å². The smallest absolute Gasteiger partial charge is 0.416 e. The number of alkyl halides is 3. The van der Waals surface area contributed by atoms with Crippen LogP contribution in [0.4, 0.5) is 18.0 Å². The van der Waals surface area contributed by atoms with Gasteiger partial charge in [0.05, 0.1) is 12.2 Å². The first kappa shape index (κ1) is 28.3. The largest absolute Gasteiger partial charge is 0.494 e. The molecule has 0 atom stereocenters. The van der Waals surface area contributed by atoms with Crippen LogP contribution in [0.1, 0.15) is 68.7 Å². The predicted molar refractivity (Wildman–Crippen MR) is 141 cm³/mol. The third kappa shape index (κ3) is 7.88. The lowest BCUT2D eigenvalue weighted by Crippen LogP contribution is -2.41. The summed E-state index contributed by atoms with van der Waals surface area (Å²) < 4.78 is 52.0. The Labute approximate surface area is 223 Å². The van der Waals surface area contributed by atoms with Crippen molar-refractivity contribution in [3.63, 3.8) is 0 Å². The highest BCUT2D eigenvalue weighted by molar-refractivity contribution is 5.68. The van der Waals surface area contributed by atoms with E-state index in [1.165, 1.54) is 11.6 Å². The molecule has 2 heterocycles. The number of nitrogens with zero attached hydrogens (tertiary/aromatic N) is 2. The number of likely N-dealkylation sites (tertiary alicyclic amines) is 1. The molecule has 38 heavy (non-hydrogen) atoms. The minimum Gasteiger partial charge on any atom is -0.494 e. The van der Waals surface area contributed by atoms with Gasteiger partial charge in [0, 0.05) is 26.2 Å². The van der Waals surface area contributed by atoms with Gasteiger partial charge in [-0.1, -0.05) is 24.3 Å². The van der Waals surface area contributed by atoms with E-state index in [-0.39, 0.29) is 12.6 Å². The van der Waals surface area contributed by atoms with Crippen molar-refractivity contribution in [1.29, 1.82) is 0 Å². The first-order valence-corrected chi connectivity index (χ1v) is 13.6. The molecule has 0 spiro atoms. The maximum absolute atomic E-state index is 13.5. The van der Waals surface area contributed by atoms with E-state index in [9.17, 15) is 18.0 Å². The lowest BCUT2D eigenvalue weighted by atomic mass is 9.94. The standard InChI is InChI=1S/C30H39F3N2O3/c1-29(2,3)38-28(36)35-16-12-22(13-17-35)14-18-37-26-11-10-23-8-6-15-34(21-25(23)19-26)20-24-7-4-5-9-27(24)30(31,32)33/h4-5,7,9-11,19,22H,6,8,12-18,20-21H2,1-3H3. The molecule has 0 aliphatic carbocycles. The van der Waals surface area contributed by atoms with Crippen molar-refractivity contribution >= 4 is 6.09 Å². The van der Waals surface area contributed by atoms with Crippen LogP contribution < -0.4 is 4.74 Å². The maximum atomic E-state index is 13.5. The molecule has 1 fully saturated rings. The second-order valence-corrected chi connectivity index (χ2v) is 11.4. The van der Waals surface area contributed by atoms with Crippen molar-refractivity contribution in [3.8, 4) is 5.75 Å². The number of aryl methyl sites for hydroxylation is 1. The molecule has 0 radical (unpaired) electrons. The normalized spacial score (nSPS) is 17.6.